The summed E-state index contributed by atoms with van der Waals surface area (Å²) in [6, 6.07) is 11.3. The molecule has 21 heavy (non-hydrogen) atoms. The van der Waals surface area contributed by atoms with Crippen LogP contribution < -0.4 is 11.3 Å². The minimum atomic E-state index is 0.123. The Morgan fingerprint density at radius 2 is 2.10 bits per heavy atom. The van der Waals surface area contributed by atoms with E-state index in [1.165, 1.54) is 48.1 Å². The fraction of sp³-hybridized carbons (Fsp3) is 0.444. The zero-order valence-electron chi connectivity index (χ0n) is 12.7. The summed E-state index contributed by atoms with van der Waals surface area (Å²) in [5.74, 6) is 5.88. The highest BCUT2D eigenvalue weighted by Crippen LogP contribution is 2.35. The lowest BCUT2D eigenvalue weighted by Gasteiger charge is -2.15. The number of hydrogen-bond acceptors (Lipinski definition) is 3. The van der Waals surface area contributed by atoms with E-state index in [1.807, 2.05) is 11.3 Å². The van der Waals surface area contributed by atoms with Gasteiger partial charge in [0.15, 0.2) is 0 Å². The smallest absolute Gasteiger partial charge is 0.0802 e. The van der Waals surface area contributed by atoms with Crippen molar-refractivity contribution in [1.82, 2.24) is 5.43 Å². The summed E-state index contributed by atoms with van der Waals surface area (Å²) in [6.45, 7) is 2.22. The normalized spacial score (nSPS) is 15.7. The minimum Gasteiger partial charge on any atom is -0.271 e. The van der Waals surface area contributed by atoms with Crippen LogP contribution in [0.2, 0.25) is 0 Å². The first-order valence-corrected chi connectivity index (χ1v) is 8.80. The molecule has 0 aliphatic heterocycles. The van der Waals surface area contributed by atoms with Gasteiger partial charge in [0.2, 0.25) is 0 Å². The second-order valence-electron chi connectivity index (χ2n) is 5.90. The van der Waals surface area contributed by atoms with Gasteiger partial charge in [-0.1, -0.05) is 37.6 Å². The first-order valence-electron chi connectivity index (χ1n) is 7.98. The van der Waals surface area contributed by atoms with Crippen molar-refractivity contribution in [2.75, 3.05) is 0 Å². The Morgan fingerprint density at radius 1 is 1.24 bits per heavy atom. The van der Waals surface area contributed by atoms with Gasteiger partial charge in [0, 0.05) is 9.75 Å². The third-order valence-corrected chi connectivity index (χ3v) is 5.59. The molecule has 0 amide bonds. The maximum Gasteiger partial charge on any atom is 0.0802 e. The fourth-order valence-corrected chi connectivity index (χ4v) is 4.56. The third-order valence-electron chi connectivity index (χ3n) is 4.29. The van der Waals surface area contributed by atoms with E-state index in [-0.39, 0.29) is 6.04 Å². The van der Waals surface area contributed by atoms with E-state index in [1.54, 1.807) is 10.4 Å². The molecule has 0 spiro atoms. The molecular formula is C18H24N2S. The van der Waals surface area contributed by atoms with Crippen molar-refractivity contribution in [1.29, 1.82) is 0 Å². The van der Waals surface area contributed by atoms with Gasteiger partial charge < -0.3 is 0 Å². The molecule has 0 saturated carbocycles. The average molecular weight is 300 g/mol. The first kappa shape index (κ1) is 14.8. The largest absolute Gasteiger partial charge is 0.271 e. The molecule has 1 aromatic carbocycles. The van der Waals surface area contributed by atoms with Crippen molar-refractivity contribution in [3.63, 3.8) is 0 Å². The average Bonchev–Trinajstić information content (AvgIpc) is 2.92. The predicted molar refractivity (Wildman–Crippen MR) is 90.6 cm³/mol. The Labute approximate surface area is 131 Å². The first-order chi connectivity index (χ1) is 10.3. The molecule has 2 aromatic rings. The second kappa shape index (κ2) is 6.73. The van der Waals surface area contributed by atoms with Crippen LogP contribution in [0.4, 0.5) is 0 Å². The third kappa shape index (κ3) is 3.20. The zero-order chi connectivity index (χ0) is 14.7. The van der Waals surface area contributed by atoms with E-state index in [0.717, 1.165) is 6.42 Å². The Bertz CT molecular complexity index is 580. The second-order valence-corrected chi connectivity index (χ2v) is 7.07. The Morgan fingerprint density at radius 3 is 2.86 bits per heavy atom. The van der Waals surface area contributed by atoms with Gasteiger partial charge in [-0.05, 0) is 54.9 Å². The molecule has 0 fully saturated rings. The van der Waals surface area contributed by atoms with Crippen LogP contribution in [0.3, 0.4) is 0 Å². The molecule has 1 unspecified atom stereocenters. The van der Waals surface area contributed by atoms with E-state index in [4.69, 9.17) is 5.84 Å². The van der Waals surface area contributed by atoms with Crippen LogP contribution in [0.1, 0.15) is 58.7 Å². The van der Waals surface area contributed by atoms with Crippen LogP contribution in [0.25, 0.3) is 0 Å². The summed E-state index contributed by atoms with van der Waals surface area (Å²) in [5.41, 5.74) is 7.25. The van der Waals surface area contributed by atoms with E-state index >= 15 is 0 Å². The molecule has 1 heterocycles. The van der Waals surface area contributed by atoms with Gasteiger partial charge in [-0.25, -0.2) is 5.43 Å². The molecule has 0 bridgehead atoms. The monoisotopic (exact) mass is 300 g/mol. The van der Waals surface area contributed by atoms with Gasteiger partial charge in [-0.3, -0.25) is 5.84 Å². The molecule has 3 rings (SSSR count). The molecule has 1 aromatic heterocycles. The fourth-order valence-electron chi connectivity index (χ4n) is 3.22. The van der Waals surface area contributed by atoms with Gasteiger partial charge in [0.25, 0.3) is 0 Å². The number of hydrazine groups is 1. The van der Waals surface area contributed by atoms with Crippen LogP contribution in [0.15, 0.2) is 30.3 Å². The molecular weight excluding hydrogens is 276 g/mol. The zero-order valence-corrected chi connectivity index (χ0v) is 13.5. The number of nitrogens with two attached hydrogens (primary N) is 1. The van der Waals surface area contributed by atoms with Crippen molar-refractivity contribution in [3.05, 3.63) is 56.8 Å². The SMILES string of the molecule is CCCc1cccc(C(NN)c2cc3c(s2)CCCC3)c1. The van der Waals surface area contributed by atoms with Gasteiger partial charge in [0.1, 0.15) is 0 Å². The molecule has 3 heteroatoms. The van der Waals surface area contributed by atoms with Gasteiger partial charge in [-0.2, -0.15) is 0 Å². The molecule has 2 nitrogen and oxygen atoms in total. The number of hydrogen-bond donors (Lipinski definition) is 2. The number of fused-ring (bicyclic) bond motifs is 1. The molecule has 1 aliphatic rings. The van der Waals surface area contributed by atoms with Crippen LogP contribution in [-0.4, -0.2) is 0 Å². The minimum absolute atomic E-state index is 0.123. The van der Waals surface area contributed by atoms with Crippen molar-refractivity contribution in [3.8, 4) is 0 Å². The topological polar surface area (TPSA) is 38.0 Å². The van der Waals surface area contributed by atoms with E-state index in [9.17, 15) is 0 Å². The Hall–Kier alpha value is -1.16. The van der Waals surface area contributed by atoms with Crippen LogP contribution >= 0.6 is 11.3 Å². The summed E-state index contributed by atoms with van der Waals surface area (Å²) in [5, 5.41) is 0. The molecule has 3 N–H and O–H groups in total. The van der Waals surface area contributed by atoms with E-state index in [0.29, 0.717) is 0 Å². The lowest BCUT2D eigenvalue weighted by Crippen LogP contribution is -2.28. The standard InChI is InChI=1S/C18H24N2S/c1-2-6-13-7-5-9-15(11-13)18(20-19)17-12-14-8-3-4-10-16(14)21-17/h5,7,9,11-12,18,20H,2-4,6,8,10,19H2,1H3. The predicted octanol–water partition coefficient (Wildman–Crippen LogP) is 4.13. The maximum atomic E-state index is 5.88. The lowest BCUT2D eigenvalue weighted by molar-refractivity contribution is 0.644. The van der Waals surface area contributed by atoms with E-state index < -0.39 is 0 Å². The molecule has 0 radical (unpaired) electrons. The van der Waals surface area contributed by atoms with E-state index in [2.05, 4.69) is 42.7 Å². The molecule has 1 atom stereocenters. The van der Waals surface area contributed by atoms with Crippen LogP contribution in [0.5, 0.6) is 0 Å². The number of rotatable bonds is 5. The van der Waals surface area contributed by atoms with Gasteiger partial charge in [0.05, 0.1) is 6.04 Å². The summed E-state index contributed by atoms with van der Waals surface area (Å²) in [4.78, 5) is 2.93. The van der Waals surface area contributed by atoms with Crippen molar-refractivity contribution < 1.29 is 0 Å². The maximum absolute atomic E-state index is 5.88. The summed E-state index contributed by atoms with van der Waals surface area (Å²) in [6.07, 6.45) is 7.45. The highest BCUT2D eigenvalue weighted by molar-refractivity contribution is 7.12. The van der Waals surface area contributed by atoms with Crippen molar-refractivity contribution >= 4 is 11.3 Å². The van der Waals surface area contributed by atoms with Gasteiger partial charge in [-0.15, -0.1) is 11.3 Å². The Kier molecular flexibility index (Phi) is 4.73. The van der Waals surface area contributed by atoms with Crippen molar-refractivity contribution in [2.24, 2.45) is 5.84 Å². The summed E-state index contributed by atoms with van der Waals surface area (Å²) < 4.78 is 0. The van der Waals surface area contributed by atoms with Gasteiger partial charge >= 0.3 is 0 Å². The molecule has 0 saturated heterocycles. The number of thiophene rings is 1. The quantitative estimate of drug-likeness (QED) is 0.643. The van der Waals surface area contributed by atoms with Crippen molar-refractivity contribution in [2.45, 2.75) is 51.5 Å². The molecule has 112 valence electrons. The highest BCUT2D eigenvalue weighted by atomic mass is 32.1. The number of aryl methyl sites for hydroxylation is 3. The highest BCUT2D eigenvalue weighted by Gasteiger charge is 2.19. The number of nitrogens with one attached hydrogen (secondary N) is 1. The lowest BCUT2D eigenvalue weighted by atomic mass is 9.97. The van der Waals surface area contributed by atoms with Crippen LogP contribution in [0, 0.1) is 0 Å². The summed E-state index contributed by atoms with van der Waals surface area (Å²) in [7, 11) is 0. The summed E-state index contributed by atoms with van der Waals surface area (Å²) >= 11 is 1.94. The molecule has 1 aliphatic carbocycles. The van der Waals surface area contributed by atoms with Crippen LogP contribution in [-0.2, 0) is 19.3 Å². The Balaban J connectivity index is 1.90. The number of benzene rings is 1.